The van der Waals surface area contributed by atoms with Crippen molar-refractivity contribution in [2.75, 3.05) is 13.7 Å². The second-order valence-electron chi connectivity index (χ2n) is 6.01. The number of methoxy groups -OCH3 is 1. The van der Waals surface area contributed by atoms with Gasteiger partial charge in [0.2, 0.25) is 0 Å². The second kappa shape index (κ2) is 7.92. The Bertz CT molecular complexity index is 906. The summed E-state index contributed by atoms with van der Waals surface area (Å²) in [6, 6.07) is 4.19. The van der Waals surface area contributed by atoms with Gasteiger partial charge in [-0.1, -0.05) is 11.3 Å². The number of carbonyl (C=O) groups is 2. The van der Waals surface area contributed by atoms with E-state index in [0.717, 1.165) is 11.0 Å². The SMILES string of the molecule is COCCn1cc(C[C@@H]2NC(=O)N(Cc3ccc(F)cc3C#N)C2=O)nn1. The van der Waals surface area contributed by atoms with E-state index in [9.17, 15) is 14.0 Å². The Balaban J connectivity index is 1.68. The Morgan fingerprint density at radius 1 is 1.41 bits per heavy atom. The largest absolute Gasteiger partial charge is 0.383 e. The van der Waals surface area contributed by atoms with Crippen LogP contribution < -0.4 is 5.32 Å². The van der Waals surface area contributed by atoms with Crippen LogP contribution in [0.25, 0.3) is 0 Å². The first-order valence-corrected chi connectivity index (χ1v) is 8.20. The minimum atomic E-state index is -0.768. The van der Waals surface area contributed by atoms with Crippen LogP contribution in [0.15, 0.2) is 24.4 Å². The van der Waals surface area contributed by atoms with Crippen molar-refractivity contribution in [2.24, 2.45) is 0 Å². The number of imide groups is 1. The monoisotopic (exact) mass is 372 g/mol. The van der Waals surface area contributed by atoms with Gasteiger partial charge in [-0.25, -0.2) is 13.9 Å². The summed E-state index contributed by atoms with van der Waals surface area (Å²) in [6.07, 6.45) is 1.89. The van der Waals surface area contributed by atoms with Crippen LogP contribution in [0.5, 0.6) is 0 Å². The molecule has 27 heavy (non-hydrogen) atoms. The lowest BCUT2D eigenvalue weighted by Crippen LogP contribution is -2.32. The molecule has 2 aromatic rings. The number of aromatic nitrogens is 3. The van der Waals surface area contributed by atoms with Gasteiger partial charge >= 0.3 is 6.03 Å². The predicted molar refractivity (Wildman–Crippen MR) is 89.6 cm³/mol. The molecule has 1 atom stereocenters. The van der Waals surface area contributed by atoms with Gasteiger partial charge in [0.15, 0.2) is 0 Å². The maximum atomic E-state index is 13.3. The summed E-state index contributed by atoms with van der Waals surface area (Å²) in [5.41, 5.74) is 1.04. The molecular formula is C17H17FN6O3. The van der Waals surface area contributed by atoms with Crippen LogP contribution in [-0.2, 0) is 29.0 Å². The van der Waals surface area contributed by atoms with Gasteiger partial charge in [0, 0.05) is 19.7 Å². The van der Waals surface area contributed by atoms with Gasteiger partial charge in [0.05, 0.1) is 37.0 Å². The highest BCUT2D eigenvalue weighted by Crippen LogP contribution is 2.18. The van der Waals surface area contributed by atoms with Crippen LogP contribution in [0.4, 0.5) is 9.18 Å². The quantitative estimate of drug-likeness (QED) is 0.712. The third-order valence-electron chi connectivity index (χ3n) is 4.15. The number of ether oxygens (including phenoxy) is 1. The highest BCUT2D eigenvalue weighted by molar-refractivity contribution is 6.04. The summed E-state index contributed by atoms with van der Waals surface area (Å²) in [6.45, 7) is 0.904. The van der Waals surface area contributed by atoms with E-state index in [1.807, 2.05) is 6.07 Å². The van der Waals surface area contributed by atoms with E-state index in [1.165, 1.54) is 12.1 Å². The summed E-state index contributed by atoms with van der Waals surface area (Å²) in [5, 5.41) is 19.6. The molecule has 0 saturated carbocycles. The van der Waals surface area contributed by atoms with Crippen LogP contribution in [0.3, 0.4) is 0 Å². The fourth-order valence-electron chi connectivity index (χ4n) is 2.76. The van der Waals surface area contributed by atoms with E-state index in [0.29, 0.717) is 24.4 Å². The smallest absolute Gasteiger partial charge is 0.325 e. The Hall–Kier alpha value is -3.32. The lowest BCUT2D eigenvalue weighted by Gasteiger charge is -2.14. The average Bonchev–Trinajstić information content (AvgIpc) is 3.21. The fraction of sp³-hybridized carbons (Fsp3) is 0.353. The molecule has 9 nitrogen and oxygen atoms in total. The maximum absolute atomic E-state index is 13.3. The molecular weight excluding hydrogens is 355 g/mol. The third kappa shape index (κ3) is 4.09. The van der Waals surface area contributed by atoms with Gasteiger partial charge in [0.25, 0.3) is 5.91 Å². The van der Waals surface area contributed by atoms with E-state index in [1.54, 1.807) is 18.0 Å². The first-order chi connectivity index (χ1) is 13.0. The highest BCUT2D eigenvalue weighted by Gasteiger charge is 2.38. The number of benzene rings is 1. The molecule has 0 unspecified atom stereocenters. The lowest BCUT2D eigenvalue weighted by atomic mass is 10.1. The normalized spacial score (nSPS) is 16.5. The molecule has 0 radical (unpaired) electrons. The number of nitrogens with one attached hydrogen (secondary N) is 1. The number of nitriles is 1. The molecule has 3 rings (SSSR count). The van der Waals surface area contributed by atoms with Crippen molar-refractivity contribution < 1.29 is 18.7 Å². The summed E-state index contributed by atoms with van der Waals surface area (Å²) in [7, 11) is 1.58. The van der Waals surface area contributed by atoms with Crippen LogP contribution in [-0.4, -0.2) is 51.6 Å². The zero-order chi connectivity index (χ0) is 19.4. The van der Waals surface area contributed by atoms with Crippen molar-refractivity contribution in [1.29, 1.82) is 5.26 Å². The first-order valence-electron chi connectivity index (χ1n) is 8.20. The van der Waals surface area contributed by atoms with Crippen LogP contribution in [0.2, 0.25) is 0 Å². The Labute approximate surface area is 154 Å². The van der Waals surface area contributed by atoms with Gasteiger partial charge in [-0.3, -0.25) is 9.69 Å². The zero-order valence-electron chi connectivity index (χ0n) is 14.6. The Kier molecular flexibility index (Phi) is 5.42. The molecule has 0 aliphatic carbocycles. The molecule has 1 aromatic carbocycles. The van der Waals surface area contributed by atoms with Crippen molar-refractivity contribution >= 4 is 11.9 Å². The molecule has 1 saturated heterocycles. The Morgan fingerprint density at radius 3 is 2.96 bits per heavy atom. The number of hydrogen-bond donors (Lipinski definition) is 1. The van der Waals surface area contributed by atoms with E-state index in [-0.39, 0.29) is 18.5 Å². The van der Waals surface area contributed by atoms with E-state index in [4.69, 9.17) is 10.00 Å². The number of halogens is 1. The summed E-state index contributed by atoms with van der Waals surface area (Å²) in [5.74, 6) is -0.985. The van der Waals surface area contributed by atoms with Crippen molar-refractivity contribution in [3.63, 3.8) is 0 Å². The van der Waals surface area contributed by atoms with E-state index in [2.05, 4.69) is 15.6 Å². The van der Waals surface area contributed by atoms with Crippen molar-refractivity contribution in [3.05, 3.63) is 47.0 Å². The maximum Gasteiger partial charge on any atom is 0.325 e. The lowest BCUT2D eigenvalue weighted by molar-refractivity contribution is -0.127. The van der Waals surface area contributed by atoms with Gasteiger partial charge in [-0.05, 0) is 17.7 Å². The van der Waals surface area contributed by atoms with Gasteiger partial charge in [0.1, 0.15) is 11.9 Å². The number of urea groups is 1. The van der Waals surface area contributed by atoms with Gasteiger partial charge in [-0.15, -0.1) is 5.10 Å². The molecule has 1 N–H and O–H groups in total. The summed E-state index contributed by atoms with van der Waals surface area (Å²) >= 11 is 0. The standard InChI is InChI=1S/C17H17FN6O3/c1-27-5-4-23-10-14(21-22-23)7-15-16(25)24(17(26)20-15)9-11-2-3-13(18)6-12(11)8-19/h2-3,6,10,15H,4-5,7,9H2,1H3,(H,20,26)/t15-/m0/s1. The Morgan fingerprint density at radius 2 is 2.22 bits per heavy atom. The minimum Gasteiger partial charge on any atom is -0.383 e. The molecule has 1 aromatic heterocycles. The molecule has 140 valence electrons. The first kappa shape index (κ1) is 18.5. The molecule has 1 aliphatic rings. The fourth-order valence-corrected chi connectivity index (χ4v) is 2.76. The average molecular weight is 372 g/mol. The van der Waals surface area contributed by atoms with Crippen LogP contribution in [0.1, 0.15) is 16.8 Å². The number of nitrogens with zero attached hydrogens (tertiary/aromatic N) is 5. The minimum absolute atomic E-state index is 0.0835. The van der Waals surface area contributed by atoms with Gasteiger partial charge < -0.3 is 10.1 Å². The highest BCUT2D eigenvalue weighted by atomic mass is 19.1. The van der Waals surface area contributed by atoms with Crippen molar-refractivity contribution in [3.8, 4) is 6.07 Å². The topological polar surface area (TPSA) is 113 Å². The van der Waals surface area contributed by atoms with Gasteiger partial charge in [-0.2, -0.15) is 5.26 Å². The van der Waals surface area contributed by atoms with Crippen molar-refractivity contribution in [1.82, 2.24) is 25.2 Å². The second-order valence-corrected chi connectivity index (χ2v) is 6.01. The number of rotatable bonds is 7. The van der Waals surface area contributed by atoms with Crippen molar-refractivity contribution in [2.45, 2.75) is 25.6 Å². The molecule has 2 heterocycles. The summed E-state index contributed by atoms with van der Waals surface area (Å²) in [4.78, 5) is 25.8. The molecule has 1 fully saturated rings. The molecule has 3 amide bonds. The third-order valence-corrected chi connectivity index (χ3v) is 4.15. The van der Waals surface area contributed by atoms with E-state index >= 15 is 0 Å². The van der Waals surface area contributed by atoms with Crippen LogP contribution in [0, 0.1) is 17.1 Å². The number of hydrogen-bond acceptors (Lipinski definition) is 6. The zero-order valence-corrected chi connectivity index (χ0v) is 14.6. The molecule has 10 heteroatoms. The molecule has 0 bridgehead atoms. The van der Waals surface area contributed by atoms with E-state index < -0.39 is 23.8 Å². The molecule has 1 aliphatic heterocycles. The number of amides is 3. The summed E-state index contributed by atoms with van der Waals surface area (Å²) < 4.78 is 19.8. The number of carbonyl (C=O) groups excluding carboxylic acids is 2. The van der Waals surface area contributed by atoms with Crippen LogP contribution >= 0.6 is 0 Å². The molecule has 0 spiro atoms. The predicted octanol–water partition coefficient (Wildman–Crippen LogP) is 0.598.